The van der Waals surface area contributed by atoms with E-state index in [0.29, 0.717) is 6.54 Å². The van der Waals surface area contributed by atoms with E-state index < -0.39 is 0 Å². The van der Waals surface area contributed by atoms with Crippen LogP contribution >= 0.6 is 0 Å². The van der Waals surface area contributed by atoms with Crippen molar-refractivity contribution in [2.45, 2.75) is 13.5 Å². The van der Waals surface area contributed by atoms with Gasteiger partial charge in [-0.1, -0.05) is 0 Å². The molecule has 0 N–H and O–H groups in total. The molecule has 1 saturated heterocycles. The zero-order chi connectivity index (χ0) is 21.9. The molecular weight excluding hydrogens is 404 g/mol. The highest BCUT2D eigenvalue weighted by Gasteiger charge is 2.20. The van der Waals surface area contributed by atoms with Gasteiger partial charge < -0.3 is 4.90 Å². The number of rotatable bonds is 5. The van der Waals surface area contributed by atoms with E-state index in [-0.39, 0.29) is 5.56 Å². The van der Waals surface area contributed by atoms with E-state index >= 15 is 0 Å². The molecule has 1 fully saturated rings. The lowest BCUT2D eigenvalue weighted by molar-refractivity contribution is 0.242. The molecule has 0 saturated carbocycles. The molecule has 0 bridgehead atoms. The van der Waals surface area contributed by atoms with Gasteiger partial charge in [0.15, 0.2) is 5.65 Å². The van der Waals surface area contributed by atoms with Crippen LogP contribution in [-0.2, 0) is 6.54 Å². The highest BCUT2D eigenvalue weighted by Crippen LogP contribution is 2.23. The number of hydrogen-bond donors (Lipinski definition) is 0. The number of fused-ring (bicyclic) bond motifs is 1. The third kappa shape index (κ3) is 4.19. The van der Waals surface area contributed by atoms with Crippen LogP contribution in [0, 0.1) is 6.92 Å². The summed E-state index contributed by atoms with van der Waals surface area (Å²) >= 11 is 0. The summed E-state index contributed by atoms with van der Waals surface area (Å²) < 4.78 is 1.54. The van der Waals surface area contributed by atoms with Gasteiger partial charge in [0.1, 0.15) is 11.6 Å². The molecule has 1 aliphatic heterocycles. The monoisotopic (exact) mass is 428 g/mol. The van der Waals surface area contributed by atoms with Gasteiger partial charge in [0.25, 0.3) is 5.56 Å². The summed E-state index contributed by atoms with van der Waals surface area (Å²) in [5, 5.41) is 5.52. The SMILES string of the molecule is Cc1nc(N2CCN(CCn3nc(-c4cccnc4)ccc3=O)CC2)c2cccnc2n1. The second-order valence-corrected chi connectivity index (χ2v) is 7.82. The van der Waals surface area contributed by atoms with Crippen molar-refractivity contribution < 1.29 is 0 Å². The van der Waals surface area contributed by atoms with Gasteiger partial charge in [-0.15, -0.1) is 0 Å². The first-order chi connectivity index (χ1) is 15.7. The number of aromatic nitrogens is 6. The van der Waals surface area contributed by atoms with Gasteiger partial charge in [0.05, 0.1) is 17.6 Å². The highest BCUT2D eigenvalue weighted by molar-refractivity contribution is 5.86. The largest absolute Gasteiger partial charge is 0.353 e. The van der Waals surface area contributed by atoms with E-state index in [2.05, 4.69) is 34.8 Å². The van der Waals surface area contributed by atoms with Crippen LogP contribution in [0.2, 0.25) is 0 Å². The maximum Gasteiger partial charge on any atom is 0.266 e. The summed E-state index contributed by atoms with van der Waals surface area (Å²) in [6, 6.07) is 11.1. The molecule has 5 rings (SSSR count). The molecule has 0 aliphatic carbocycles. The van der Waals surface area contributed by atoms with Crippen molar-refractivity contribution in [1.29, 1.82) is 0 Å². The van der Waals surface area contributed by atoms with Gasteiger partial charge in [0.2, 0.25) is 0 Å². The molecule has 0 atom stereocenters. The molecule has 0 spiro atoms. The van der Waals surface area contributed by atoms with E-state index in [0.717, 1.165) is 66.7 Å². The fourth-order valence-electron chi connectivity index (χ4n) is 3.99. The third-order valence-corrected chi connectivity index (χ3v) is 5.69. The first kappa shape index (κ1) is 20.2. The molecule has 9 heteroatoms. The van der Waals surface area contributed by atoms with E-state index in [1.807, 2.05) is 31.2 Å². The molecule has 1 aliphatic rings. The third-order valence-electron chi connectivity index (χ3n) is 5.69. The Morgan fingerprint density at radius 2 is 1.78 bits per heavy atom. The predicted molar refractivity (Wildman–Crippen MR) is 122 cm³/mol. The molecule has 4 aromatic rings. The zero-order valence-electron chi connectivity index (χ0n) is 17.9. The molecule has 32 heavy (non-hydrogen) atoms. The summed E-state index contributed by atoms with van der Waals surface area (Å²) in [5.74, 6) is 1.68. The minimum Gasteiger partial charge on any atom is -0.353 e. The van der Waals surface area contributed by atoms with E-state index in [1.165, 1.54) is 0 Å². The van der Waals surface area contributed by atoms with E-state index in [1.54, 1.807) is 35.4 Å². The molecule has 9 nitrogen and oxygen atoms in total. The number of nitrogens with zero attached hydrogens (tertiary/aromatic N) is 8. The first-order valence-corrected chi connectivity index (χ1v) is 10.7. The van der Waals surface area contributed by atoms with Crippen molar-refractivity contribution >= 4 is 16.9 Å². The fourth-order valence-corrected chi connectivity index (χ4v) is 3.99. The smallest absolute Gasteiger partial charge is 0.266 e. The Balaban J connectivity index is 1.24. The molecular formula is C23H24N8O. The number of aryl methyl sites for hydroxylation is 1. The average molecular weight is 429 g/mol. The van der Waals surface area contributed by atoms with Crippen molar-refractivity contribution in [3.8, 4) is 11.3 Å². The van der Waals surface area contributed by atoms with Crippen LogP contribution in [0.1, 0.15) is 5.82 Å². The lowest BCUT2D eigenvalue weighted by Crippen LogP contribution is -2.48. The Labute approximate surface area is 185 Å². The van der Waals surface area contributed by atoms with Crippen molar-refractivity contribution in [2.24, 2.45) is 0 Å². The van der Waals surface area contributed by atoms with Crippen LogP contribution in [0.15, 0.2) is 59.8 Å². The van der Waals surface area contributed by atoms with Crippen LogP contribution in [-0.4, -0.2) is 67.3 Å². The molecule has 0 aromatic carbocycles. The topological polar surface area (TPSA) is 92.9 Å². The Morgan fingerprint density at radius 1 is 0.938 bits per heavy atom. The molecule has 162 valence electrons. The van der Waals surface area contributed by atoms with Gasteiger partial charge in [-0.2, -0.15) is 5.10 Å². The number of pyridine rings is 2. The maximum absolute atomic E-state index is 12.3. The van der Waals surface area contributed by atoms with Crippen LogP contribution in [0.4, 0.5) is 5.82 Å². The lowest BCUT2D eigenvalue weighted by atomic mass is 10.2. The molecule has 0 unspecified atom stereocenters. The van der Waals surface area contributed by atoms with Crippen molar-refractivity contribution in [2.75, 3.05) is 37.6 Å². The maximum atomic E-state index is 12.3. The summed E-state index contributed by atoms with van der Waals surface area (Å²) in [6.45, 7) is 6.72. The Bertz CT molecular complexity index is 1280. The van der Waals surface area contributed by atoms with Crippen LogP contribution in [0.25, 0.3) is 22.3 Å². The number of anilines is 1. The number of piperazine rings is 1. The summed E-state index contributed by atoms with van der Waals surface area (Å²) in [6.07, 6.45) is 5.24. The fraction of sp³-hybridized carbons (Fsp3) is 0.304. The summed E-state index contributed by atoms with van der Waals surface area (Å²) in [4.78, 5) is 34.6. The minimum atomic E-state index is -0.0910. The molecule has 4 aromatic heterocycles. The summed E-state index contributed by atoms with van der Waals surface area (Å²) in [7, 11) is 0. The predicted octanol–water partition coefficient (Wildman–Crippen LogP) is 1.77. The quantitative estimate of drug-likeness (QED) is 0.475. The van der Waals surface area contributed by atoms with Gasteiger partial charge >= 0.3 is 0 Å². The van der Waals surface area contributed by atoms with Gasteiger partial charge in [-0.05, 0) is 37.3 Å². The molecule has 0 radical (unpaired) electrons. The van der Waals surface area contributed by atoms with Gasteiger partial charge in [-0.3, -0.25) is 14.7 Å². The first-order valence-electron chi connectivity index (χ1n) is 10.7. The normalized spacial score (nSPS) is 14.7. The van der Waals surface area contributed by atoms with Gasteiger partial charge in [0, 0.05) is 62.9 Å². The molecule has 5 heterocycles. The standard InChI is InChI=1S/C23H24N8O/c1-17-26-22-19(5-3-9-25-22)23(27-17)30-13-10-29(11-14-30)12-15-31-21(32)7-6-20(28-31)18-4-2-8-24-16-18/h2-9,16H,10-15H2,1H3. The zero-order valence-corrected chi connectivity index (χ0v) is 17.9. The summed E-state index contributed by atoms with van der Waals surface area (Å²) in [5.41, 5.74) is 2.29. The van der Waals surface area contributed by atoms with Crippen LogP contribution < -0.4 is 10.5 Å². The van der Waals surface area contributed by atoms with E-state index in [9.17, 15) is 4.79 Å². The van der Waals surface area contributed by atoms with Crippen LogP contribution in [0.5, 0.6) is 0 Å². The minimum absolute atomic E-state index is 0.0910. The van der Waals surface area contributed by atoms with Crippen molar-refractivity contribution in [3.63, 3.8) is 0 Å². The molecule has 0 amide bonds. The lowest BCUT2D eigenvalue weighted by Gasteiger charge is -2.35. The number of hydrogen-bond acceptors (Lipinski definition) is 8. The van der Waals surface area contributed by atoms with E-state index in [4.69, 9.17) is 0 Å². The van der Waals surface area contributed by atoms with Crippen LogP contribution in [0.3, 0.4) is 0 Å². The second kappa shape index (κ2) is 8.80. The van der Waals surface area contributed by atoms with Crippen molar-refractivity contribution in [3.05, 3.63) is 71.2 Å². The second-order valence-electron chi connectivity index (χ2n) is 7.82. The Hall–Kier alpha value is -3.72. The average Bonchev–Trinajstić information content (AvgIpc) is 2.84. The Morgan fingerprint density at radius 3 is 2.59 bits per heavy atom. The Kier molecular flexibility index (Phi) is 5.55. The van der Waals surface area contributed by atoms with Crippen molar-refractivity contribution in [1.82, 2.24) is 34.6 Å². The van der Waals surface area contributed by atoms with Gasteiger partial charge in [-0.25, -0.2) is 19.6 Å². The highest BCUT2D eigenvalue weighted by atomic mass is 16.1.